The molecular formula is C18H20Cl2N2O2. The van der Waals surface area contributed by atoms with E-state index in [1.807, 2.05) is 13.0 Å². The first kappa shape index (κ1) is 18.6. The van der Waals surface area contributed by atoms with Crippen LogP contribution < -0.4 is 0 Å². The van der Waals surface area contributed by atoms with Crippen LogP contribution in [0.15, 0.2) is 30.4 Å². The second-order valence-corrected chi connectivity index (χ2v) is 6.20. The zero-order valence-corrected chi connectivity index (χ0v) is 15.2. The lowest BCUT2D eigenvalue weighted by Gasteiger charge is -2.09. The third-order valence-corrected chi connectivity index (χ3v) is 4.24. The molecule has 2 rings (SSSR count). The molecule has 128 valence electrons. The van der Waals surface area contributed by atoms with Crippen molar-refractivity contribution in [2.75, 3.05) is 0 Å². The van der Waals surface area contributed by atoms with Gasteiger partial charge in [0.05, 0.1) is 22.1 Å². The van der Waals surface area contributed by atoms with Gasteiger partial charge in [-0.1, -0.05) is 49.2 Å². The van der Waals surface area contributed by atoms with Crippen molar-refractivity contribution in [3.05, 3.63) is 57.3 Å². The van der Waals surface area contributed by atoms with Crippen LogP contribution in [-0.4, -0.2) is 20.9 Å². The molecule has 0 aliphatic carbocycles. The summed E-state index contributed by atoms with van der Waals surface area (Å²) in [6.07, 6.45) is 6.91. The van der Waals surface area contributed by atoms with Gasteiger partial charge in [0.15, 0.2) is 0 Å². The summed E-state index contributed by atoms with van der Waals surface area (Å²) in [5.41, 5.74) is 2.05. The number of carboxylic acid groups (broad SMARTS) is 1. The fourth-order valence-electron chi connectivity index (χ4n) is 2.60. The van der Waals surface area contributed by atoms with Crippen LogP contribution in [-0.2, 0) is 12.8 Å². The Kier molecular flexibility index (Phi) is 6.46. The van der Waals surface area contributed by atoms with Crippen LogP contribution in [0.5, 0.6) is 0 Å². The summed E-state index contributed by atoms with van der Waals surface area (Å²) in [5, 5.41) is 15.2. The minimum Gasteiger partial charge on any atom is -0.478 e. The second-order valence-electron chi connectivity index (χ2n) is 5.35. The van der Waals surface area contributed by atoms with Crippen LogP contribution >= 0.6 is 23.2 Å². The number of hydrogen-bond donors (Lipinski definition) is 1. The standard InChI is InChI=1S/C18H20Cl2N2O2/c1-3-5-6-7-8-14-17(18(23)24)15(4-2)22(21-14)16-11-12(19)9-10-13(16)20/h5-6,9-11H,3-4,7-8H2,1-2H3,(H,23,24)/b6-5-. The molecule has 0 atom stereocenters. The van der Waals surface area contributed by atoms with Crippen molar-refractivity contribution in [2.45, 2.75) is 39.5 Å². The van der Waals surface area contributed by atoms with E-state index in [-0.39, 0.29) is 5.56 Å². The van der Waals surface area contributed by atoms with Gasteiger partial charge in [0.1, 0.15) is 5.56 Å². The summed E-state index contributed by atoms with van der Waals surface area (Å²) in [6, 6.07) is 5.07. The van der Waals surface area contributed by atoms with E-state index in [9.17, 15) is 9.90 Å². The van der Waals surface area contributed by atoms with E-state index in [2.05, 4.69) is 18.1 Å². The Hall–Kier alpha value is -1.78. The van der Waals surface area contributed by atoms with Crippen molar-refractivity contribution in [1.29, 1.82) is 0 Å². The third kappa shape index (κ3) is 4.00. The second kappa shape index (κ2) is 8.36. The summed E-state index contributed by atoms with van der Waals surface area (Å²) >= 11 is 12.3. The maximum atomic E-state index is 11.8. The number of allylic oxidation sites excluding steroid dienone is 2. The van der Waals surface area contributed by atoms with Crippen molar-refractivity contribution < 1.29 is 9.90 Å². The van der Waals surface area contributed by atoms with Gasteiger partial charge in [-0.05, 0) is 43.9 Å². The molecule has 0 saturated carbocycles. The maximum Gasteiger partial charge on any atom is 0.339 e. The lowest BCUT2D eigenvalue weighted by molar-refractivity contribution is 0.0694. The number of hydrogen-bond acceptors (Lipinski definition) is 2. The first-order valence-electron chi connectivity index (χ1n) is 7.94. The third-order valence-electron chi connectivity index (χ3n) is 3.69. The fourth-order valence-corrected chi connectivity index (χ4v) is 2.97. The molecule has 1 heterocycles. The molecule has 0 aliphatic rings. The van der Waals surface area contributed by atoms with Crippen LogP contribution in [0.4, 0.5) is 0 Å². The van der Waals surface area contributed by atoms with Crippen LogP contribution in [0.1, 0.15) is 48.4 Å². The van der Waals surface area contributed by atoms with E-state index >= 15 is 0 Å². The first-order chi connectivity index (χ1) is 11.5. The number of carbonyl (C=O) groups is 1. The van der Waals surface area contributed by atoms with Crippen molar-refractivity contribution in [2.24, 2.45) is 0 Å². The van der Waals surface area contributed by atoms with E-state index in [0.29, 0.717) is 40.0 Å². The quantitative estimate of drug-likeness (QED) is 0.672. The minimum atomic E-state index is -0.967. The van der Waals surface area contributed by atoms with E-state index in [0.717, 1.165) is 12.8 Å². The van der Waals surface area contributed by atoms with Crippen molar-refractivity contribution in [1.82, 2.24) is 9.78 Å². The Morgan fingerprint density at radius 3 is 2.67 bits per heavy atom. The summed E-state index contributed by atoms with van der Waals surface area (Å²) in [4.78, 5) is 11.8. The average molecular weight is 367 g/mol. The van der Waals surface area contributed by atoms with Gasteiger partial charge in [-0.3, -0.25) is 0 Å². The topological polar surface area (TPSA) is 55.1 Å². The summed E-state index contributed by atoms with van der Waals surface area (Å²) in [7, 11) is 0. The molecule has 1 N–H and O–H groups in total. The monoisotopic (exact) mass is 366 g/mol. The molecule has 1 aromatic heterocycles. The summed E-state index contributed by atoms with van der Waals surface area (Å²) in [6.45, 7) is 3.96. The van der Waals surface area contributed by atoms with Gasteiger partial charge < -0.3 is 5.11 Å². The molecule has 0 amide bonds. The molecule has 2 aromatic rings. The predicted octanol–water partition coefficient (Wildman–Crippen LogP) is 5.34. The highest BCUT2D eigenvalue weighted by molar-refractivity contribution is 6.34. The molecule has 0 unspecified atom stereocenters. The predicted molar refractivity (Wildman–Crippen MR) is 97.7 cm³/mol. The number of aromatic nitrogens is 2. The lowest BCUT2D eigenvalue weighted by Crippen LogP contribution is -2.06. The van der Waals surface area contributed by atoms with Gasteiger partial charge in [0, 0.05) is 5.02 Å². The highest BCUT2D eigenvalue weighted by atomic mass is 35.5. The molecule has 6 heteroatoms. The number of rotatable bonds is 7. The Balaban J connectivity index is 2.54. The summed E-state index contributed by atoms with van der Waals surface area (Å²) in [5.74, 6) is -0.967. The fraction of sp³-hybridized carbons (Fsp3) is 0.333. The molecule has 0 spiro atoms. The number of nitrogens with zero attached hydrogens (tertiary/aromatic N) is 2. The van der Waals surface area contributed by atoms with Crippen molar-refractivity contribution in [3.8, 4) is 5.69 Å². The normalized spacial score (nSPS) is 11.3. The van der Waals surface area contributed by atoms with Gasteiger partial charge in [0.25, 0.3) is 0 Å². The Bertz CT molecular complexity index is 767. The van der Waals surface area contributed by atoms with Crippen LogP contribution in [0.3, 0.4) is 0 Å². The molecule has 0 fully saturated rings. The van der Waals surface area contributed by atoms with Crippen molar-refractivity contribution >= 4 is 29.2 Å². The van der Waals surface area contributed by atoms with Crippen LogP contribution in [0.2, 0.25) is 10.0 Å². The SMILES string of the molecule is CC/C=C\CCc1nn(-c2cc(Cl)ccc2Cl)c(CC)c1C(=O)O. The van der Waals surface area contributed by atoms with Gasteiger partial charge in [0.2, 0.25) is 0 Å². The molecule has 0 aliphatic heterocycles. The zero-order valence-electron chi connectivity index (χ0n) is 13.7. The Labute approximate surface area is 151 Å². The number of aromatic carboxylic acids is 1. The van der Waals surface area contributed by atoms with E-state index in [1.54, 1.807) is 22.9 Å². The minimum absolute atomic E-state index is 0.262. The molecule has 0 saturated heterocycles. The highest BCUT2D eigenvalue weighted by Crippen LogP contribution is 2.28. The van der Waals surface area contributed by atoms with Gasteiger partial charge >= 0.3 is 5.97 Å². The van der Waals surface area contributed by atoms with Crippen LogP contribution in [0.25, 0.3) is 5.69 Å². The molecule has 0 bridgehead atoms. The molecule has 1 aromatic carbocycles. The maximum absolute atomic E-state index is 11.8. The first-order valence-corrected chi connectivity index (χ1v) is 8.69. The van der Waals surface area contributed by atoms with E-state index in [1.165, 1.54) is 0 Å². The molecule has 0 radical (unpaired) electrons. The summed E-state index contributed by atoms with van der Waals surface area (Å²) < 4.78 is 1.61. The van der Waals surface area contributed by atoms with E-state index < -0.39 is 5.97 Å². The number of aryl methyl sites for hydroxylation is 1. The molecule has 4 nitrogen and oxygen atoms in total. The lowest BCUT2D eigenvalue weighted by atomic mass is 10.1. The van der Waals surface area contributed by atoms with E-state index in [4.69, 9.17) is 23.2 Å². The largest absolute Gasteiger partial charge is 0.478 e. The van der Waals surface area contributed by atoms with Gasteiger partial charge in [-0.2, -0.15) is 5.10 Å². The number of halogens is 2. The highest BCUT2D eigenvalue weighted by Gasteiger charge is 2.23. The van der Waals surface area contributed by atoms with Gasteiger partial charge in [-0.25, -0.2) is 9.48 Å². The molecular weight excluding hydrogens is 347 g/mol. The number of benzene rings is 1. The Morgan fingerprint density at radius 2 is 2.04 bits per heavy atom. The molecule has 24 heavy (non-hydrogen) atoms. The van der Waals surface area contributed by atoms with Crippen LogP contribution in [0, 0.1) is 0 Å². The average Bonchev–Trinajstić information content (AvgIpc) is 2.92. The zero-order chi connectivity index (χ0) is 17.7. The smallest absolute Gasteiger partial charge is 0.339 e. The Morgan fingerprint density at radius 1 is 1.29 bits per heavy atom. The van der Waals surface area contributed by atoms with Crippen molar-refractivity contribution in [3.63, 3.8) is 0 Å². The number of carboxylic acids is 1. The van der Waals surface area contributed by atoms with Gasteiger partial charge in [-0.15, -0.1) is 0 Å².